The van der Waals surface area contributed by atoms with E-state index in [9.17, 15) is 8.42 Å². The van der Waals surface area contributed by atoms with Gasteiger partial charge < -0.3 is 0 Å². The molecule has 1 aliphatic rings. The highest BCUT2D eigenvalue weighted by molar-refractivity contribution is 7.91. The summed E-state index contributed by atoms with van der Waals surface area (Å²) >= 11 is 0. The molecular formula is C11H24N2O2S. The molecule has 1 aliphatic heterocycles. The van der Waals surface area contributed by atoms with Gasteiger partial charge in [-0.05, 0) is 25.2 Å². The SMILES string of the molecule is CCCCCC(CC1CCS(=O)(=O)C1)NN. The minimum absolute atomic E-state index is 0.282. The summed E-state index contributed by atoms with van der Waals surface area (Å²) in [5, 5.41) is 0. The number of unbranched alkanes of at least 4 members (excludes halogenated alkanes) is 2. The molecular weight excluding hydrogens is 224 g/mol. The second kappa shape index (κ2) is 6.57. The van der Waals surface area contributed by atoms with Crippen LogP contribution < -0.4 is 11.3 Å². The van der Waals surface area contributed by atoms with Crippen molar-refractivity contribution in [3.63, 3.8) is 0 Å². The third kappa shape index (κ3) is 4.80. The van der Waals surface area contributed by atoms with E-state index in [4.69, 9.17) is 5.84 Å². The zero-order chi connectivity index (χ0) is 12.0. The predicted molar refractivity (Wildman–Crippen MR) is 66.6 cm³/mol. The van der Waals surface area contributed by atoms with Gasteiger partial charge in [-0.1, -0.05) is 26.2 Å². The van der Waals surface area contributed by atoms with Crippen LogP contribution in [-0.4, -0.2) is 26.0 Å². The Morgan fingerprint density at radius 2 is 2.19 bits per heavy atom. The Bertz CT molecular complexity index is 290. The van der Waals surface area contributed by atoms with E-state index in [0.29, 0.717) is 17.4 Å². The standard InChI is InChI=1S/C11H24N2O2S/c1-2-3-4-5-11(13-12)8-10-6-7-16(14,15)9-10/h10-11,13H,2-9,12H2,1H3. The lowest BCUT2D eigenvalue weighted by Crippen LogP contribution is -2.36. The molecule has 1 rings (SSSR count). The van der Waals surface area contributed by atoms with Crippen molar-refractivity contribution in [3.05, 3.63) is 0 Å². The largest absolute Gasteiger partial charge is 0.271 e. The maximum Gasteiger partial charge on any atom is 0.150 e. The number of nitrogens with two attached hydrogens (primary N) is 1. The van der Waals surface area contributed by atoms with Crippen LogP contribution in [0, 0.1) is 5.92 Å². The molecule has 3 N–H and O–H groups in total. The number of hydrazine groups is 1. The molecule has 0 aliphatic carbocycles. The van der Waals surface area contributed by atoms with Gasteiger partial charge in [-0.25, -0.2) is 8.42 Å². The van der Waals surface area contributed by atoms with Crippen LogP contribution in [-0.2, 0) is 9.84 Å². The normalized spacial score (nSPS) is 25.8. The highest BCUT2D eigenvalue weighted by Crippen LogP contribution is 2.24. The molecule has 5 heteroatoms. The van der Waals surface area contributed by atoms with E-state index in [0.717, 1.165) is 19.3 Å². The summed E-state index contributed by atoms with van der Waals surface area (Å²) in [5.41, 5.74) is 2.82. The van der Waals surface area contributed by atoms with E-state index in [1.807, 2.05) is 0 Å². The molecule has 0 aromatic rings. The topological polar surface area (TPSA) is 72.2 Å². The van der Waals surface area contributed by atoms with E-state index in [1.54, 1.807) is 0 Å². The summed E-state index contributed by atoms with van der Waals surface area (Å²) in [4.78, 5) is 0. The molecule has 0 saturated carbocycles. The van der Waals surface area contributed by atoms with Crippen molar-refractivity contribution in [2.75, 3.05) is 11.5 Å². The van der Waals surface area contributed by atoms with Crippen LogP contribution in [0.2, 0.25) is 0 Å². The Morgan fingerprint density at radius 1 is 1.44 bits per heavy atom. The van der Waals surface area contributed by atoms with Crippen molar-refractivity contribution in [2.45, 2.75) is 51.5 Å². The van der Waals surface area contributed by atoms with Crippen LogP contribution in [0.25, 0.3) is 0 Å². The molecule has 1 heterocycles. The first kappa shape index (κ1) is 13.9. The van der Waals surface area contributed by atoms with Gasteiger partial charge in [0.1, 0.15) is 0 Å². The molecule has 16 heavy (non-hydrogen) atoms. The van der Waals surface area contributed by atoms with Crippen LogP contribution in [0.1, 0.15) is 45.4 Å². The third-order valence-electron chi connectivity index (χ3n) is 3.34. The Kier molecular flexibility index (Phi) is 5.72. The third-order valence-corrected chi connectivity index (χ3v) is 5.17. The van der Waals surface area contributed by atoms with Gasteiger partial charge in [-0.2, -0.15) is 0 Å². The molecule has 1 fully saturated rings. The van der Waals surface area contributed by atoms with Gasteiger partial charge in [0.05, 0.1) is 11.5 Å². The number of hydrogen-bond donors (Lipinski definition) is 2. The first-order valence-corrected chi connectivity index (χ1v) is 8.06. The first-order valence-electron chi connectivity index (χ1n) is 6.24. The van der Waals surface area contributed by atoms with Gasteiger partial charge in [-0.3, -0.25) is 11.3 Å². The van der Waals surface area contributed by atoms with Crippen molar-refractivity contribution in [1.82, 2.24) is 5.43 Å². The van der Waals surface area contributed by atoms with Gasteiger partial charge in [0.15, 0.2) is 9.84 Å². The Morgan fingerprint density at radius 3 is 2.69 bits per heavy atom. The molecule has 1 saturated heterocycles. The second-order valence-corrected chi connectivity index (χ2v) is 7.09. The van der Waals surface area contributed by atoms with Crippen molar-refractivity contribution >= 4 is 9.84 Å². The molecule has 0 amide bonds. The maximum absolute atomic E-state index is 11.3. The van der Waals surface area contributed by atoms with Crippen LogP contribution in [0.3, 0.4) is 0 Å². The lowest BCUT2D eigenvalue weighted by atomic mass is 9.96. The monoisotopic (exact) mass is 248 g/mol. The molecule has 0 spiro atoms. The lowest BCUT2D eigenvalue weighted by Gasteiger charge is -2.18. The van der Waals surface area contributed by atoms with Crippen molar-refractivity contribution in [1.29, 1.82) is 0 Å². The fourth-order valence-corrected chi connectivity index (χ4v) is 4.25. The van der Waals surface area contributed by atoms with Gasteiger partial charge in [0.2, 0.25) is 0 Å². The quantitative estimate of drug-likeness (QED) is 0.404. The minimum atomic E-state index is -2.74. The van der Waals surface area contributed by atoms with Gasteiger partial charge in [-0.15, -0.1) is 0 Å². The number of sulfone groups is 1. The molecule has 96 valence electrons. The van der Waals surface area contributed by atoms with E-state index < -0.39 is 9.84 Å². The van der Waals surface area contributed by atoms with Crippen molar-refractivity contribution in [2.24, 2.45) is 11.8 Å². The summed E-state index contributed by atoms with van der Waals surface area (Å²) in [6.07, 6.45) is 6.37. The summed E-state index contributed by atoms with van der Waals surface area (Å²) in [7, 11) is -2.74. The second-order valence-electron chi connectivity index (χ2n) is 4.86. The number of rotatable bonds is 7. The minimum Gasteiger partial charge on any atom is -0.271 e. The van der Waals surface area contributed by atoms with Crippen LogP contribution in [0.5, 0.6) is 0 Å². The summed E-state index contributed by atoms with van der Waals surface area (Å²) < 4.78 is 22.6. The molecule has 2 atom stereocenters. The van der Waals surface area contributed by atoms with Crippen LogP contribution >= 0.6 is 0 Å². The number of nitrogens with one attached hydrogen (secondary N) is 1. The first-order chi connectivity index (χ1) is 7.57. The van der Waals surface area contributed by atoms with E-state index in [-0.39, 0.29) is 6.04 Å². The highest BCUT2D eigenvalue weighted by atomic mass is 32.2. The lowest BCUT2D eigenvalue weighted by molar-refractivity contribution is 0.381. The number of hydrogen-bond acceptors (Lipinski definition) is 4. The van der Waals surface area contributed by atoms with E-state index in [2.05, 4.69) is 12.3 Å². The van der Waals surface area contributed by atoms with E-state index in [1.165, 1.54) is 19.3 Å². The fraction of sp³-hybridized carbons (Fsp3) is 1.00. The molecule has 0 aromatic carbocycles. The zero-order valence-electron chi connectivity index (χ0n) is 10.1. The van der Waals surface area contributed by atoms with Gasteiger partial charge in [0, 0.05) is 6.04 Å². The van der Waals surface area contributed by atoms with E-state index >= 15 is 0 Å². The zero-order valence-corrected chi connectivity index (χ0v) is 10.9. The van der Waals surface area contributed by atoms with Gasteiger partial charge in [0.25, 0.3) is 0 Å². The van der Waals surface area contributed by atoms with Crippen molar-refractivity contribution < 1.29 is 8.42 Å². The molecule has 0 bridgehead atoms. The van der Waals surface area contributed by atoms with Crippen molar-refractivity contribution in [3.8, 4) is 0 Å². The Hall–Kier alpha value is -0.130. The van der Waals surface area contributed by atoms with Gasteiger partial charge >= 0.3 is 0 Å². The summed E-state index contributed by atoms with van der Waals surface area (Å²) in [6.45, 7) is 2.18. The Labute approximate surface area is 98.9 Å². The highest BCUT2D eigenvalue weighted by Gasteiger charge is 2.29. The average Bonchev–Trinajstić information content (AvgIpc) is 2.57. The molecule has 0 radical (unpaired) electrons. The Balaban J connectivity index is 2.28. The molecule has 4 nitrogen and oxygen atoms in total. The smallest absolute Gasteiger partial charge is 0.150 e. The molecule has 2 unspecified atom stereocenters. The predicted octanol–water partition coefficient (Wildman–Crippen LogP) is 1.22. The summed E-state index contributed by atoms with van der Waals surface area (Å²) in [5.74, 6) is 6.54. The van der Waals surface area contributed by atoms with Crippen LogP contribution in [0.4, 0.5) is 0 Å². The van der Waals surface area contributed by atoms with Crippen LogP contribution in [0.15, 0.2) is 0 Å². The maximum atomic E-state index is 11.3. The molecule has 0 aromatic heterocycles. The average molecular weight is 248 g/mol. The summed E-state index contributed by atoms with van der Waals surface area (Å²) in [6, 6.07) is 0.282. The fourth-order valence-electron chi connectivity index (χ4n) is 2.37.